The van der Waals surface area contributed by atoms with Crippen LogP contribution in [0.5, 0.6) is 0 Å². The Kier molecular flexibility index (Phi) is 6.95. The number of rotatable bonds is 7. The third kappa shape index (κ3) is 4.38. The van der Waals surface area contributed by atoms with E-state index in [1.807, 2.05) is 18.2 Å². The smallest absolute Gasteiger partial charge is 0.239 e. The van der Waals surface area contributed by atoms with Crippen LogP contribution in [-0.4, -0.2) is 36.8 Å². The summed E-state index contributed by atoms with van der Waals surface area (Å²) in [7, 11) is -5.63. The van der Waals surface area contributed by atoms with E-state index in [2.05, 4.69) is 15.6 Å². The fourth-order valence-electron chi connectivity index (χ4n) is 3.33. The highest BCUT2D eigenvalue weighted by atomic mass is 32.2. The maximum atomic E-state index is 12.7. The van der Waals surface area contributed by atoms with E-state index >= 15 is 0 Å². The van der Waals surface area contributed by atoms with Crippen molar-refractivity contribution in [3.05, 3.63) is 35.4 Å². The number of thiazole rings is 1. The fourth-order valence-corrected chi connectivity index (χ4v) is 6.84. The lowest BCUT2D eigenvalue weighted by molar-refractivity contribution is 0.571. The molecule has 1 unspecified atom stereocenters. The van der Waals surface area contributed by atoms with Gasteiger partial charge in [-0.1, -0.05) is 40.0 Å². The molecule has 0 fully saturated rings. The Morgan fingerprint density at radius 3 is 2.56 bits per heavy atom. The number of hydrogen-bond acceptors (Lipinski definition) is 10. The SMILES string of the molecule is Cc1ccc(-c2ccc(S(=C=O)CCN)c(S(N)(=O)=O)c2/C(N)=N/NN)c2nc(N)sc12. The van der Waals surface area contributed by atoms with Crippen molar-refractivity contribution < 1.29 is 13.2 Å². The Labute approximate surface area is 190 Å². The van der Waals surface area contributed by atoms with Gasteiger partial charge < -0.3 is 17.2 Å². The number of amidine groups is 1. The highest BCUT2D eigenvalue weighted by Crippen LogP contribution is 2.41. The standard InChI is InChI=1S/C18H22N8O3S3/c1-9-2-3-11(14-15(9)30-18(21)24-14)10-4-5-12(31(8-27)7-6-19)16(32(23,28)29)13(10)17(20)25-26-22/h2-5,26H,6-7,19,22H2,1H3,(H2,20,25)(H2,21,24)(H2,23,28,29). The summed E-state index contributed by atoms with van der Waals surface area (Å²) in [5, 5.41) is 11.6. The number of aromatic nitrogens is 1. The first kappa shape index (κ1) is 23.8. The first-order valence-electron chi connectivity index (χ1n) is 9.07. The van der Waals surface area contributed by atoms with Crippen molar-refractivity contribution in [2.45, 2.75) is 16.7 Å². The molecule has 0 bridgehead atoms. The highest BCUT2D eigenvalue weighted by molar-refractivity contribution is 8.14. The van der Waals surface area contributed by atoms with Crippen molar-refractivity contribution >= 4 is 58.3 Å². The lowest BCUT2D eigenvalue weighted by Crippen LogP contribution is -2.27. The number of aryl methyl sites for hydroxylation is 1. The number of hydrazine groups is 1. The minimum Gasteiger partial charge on any atom is -0.382 e. The minimum atomic E-state index is -4.37. The van der Waals surface area contributed by atoms with Gasteiger partial charge in [-0.05, 0) is 24.1 Å². The molecule has 1 atom stereocenters. The van der Waals surface area contributed by atoms with Crippen LogP contribution in [0, 0.1) is 6.92 Å². The molecule has 1 aromatic heterocycles. The molecule has 11 N–H and O–H groups in total. The molecule has 32 heavy (non-hydrogen) atoms. The Balaban J connectivity index is 2.53. The van der Waals surface area contributed by atoms with Crippen molar-refractivity contribution in [2.24, 2.45) is 27.6 Å². The van der Waals surface area contributed by atoms with E-state index in [9.17, 15) is 13.2 Å². The second kappa shape index (κ2) is 9.34. The third-order valence-corrected chi connectivity index (χ3v) is 8.44. The number of hydrogen-bond donors (Lipinski definition) is 6. The normalized spacial score (nSPS) is 13.2. The lowest BCUT2D eigenvalue weighted by Gasteiger charge is -2.18. The molecule has 170 valence electrons. The van der Waals surface area contributed by atoms with Crippen molar-refractivity contribution in [2.75, 3.05) is 18.0 Å². The summed E-state index contributed by atoms with van der Waals surface area (Å²) in [6.45, 7) is 2.06. The Morgan fingerprint density at radius 2 is 1.97 bits per heavy atom. The zero-order valence-corrected chi connectivity index (χ0v) is 19.4. The summed E-state index contributed by atoms with van der Waals surface area (Å²) >= 11 is 1.31. The number of primary sulfonamides is 1. The maximum Gasteiger partial charge on any atom is 0.239 e. The quantitative estimate of drug-likeness (QED) is 0.0869. The fraction of sp³-hybridized carbons (Fsp3) is 0.167. The summed E-state index contributed by atoms with van der Waals surface area (Å²) in [6, 6.07) is 6.77. The average molecular weight is 495 g/mol. The maximum absolute atomic E-state index is 12.7. The number of nitrogen functional groups attached to an aromatic ring is 1. The van der Waals surface area contributed by atoms with Gasteiger partial charge in [0.1, 0.15) is 4.90 Å². The van der Waals surface area contributed by atoms with Crippen LogP contribution >= 0.6 is 21.8 Å². The molecule has 0 aliphatic heterocycles. The van der Waals surface area contributed by atoms with Crippen molar-refractivity contribution in [3.8, 4) is 11.1 Å². The summed E-state index contributed by atoms with van der Waals surface area (Å²) in [5.41, 5.74) is 22.2. The molecule has 0 spiro atoms. The molecule has 0 saturated heterocycles. The molecular formula is C18H22N8O3S3. The second-order valence-electron chi connectivity index (χ2n) is 6.61. The van der Waals surface area contributed by atoms with Crippen LogP contribution in [0.4, 0.5) is 5.13 Å². The van der Waals surface area contributed by atoms with Gasteiger partial charge in [0, 0.05) is 28.3 Å². The number of carbonyl (C=O) groups excluding carboxylic acids is 1. The van der Waals surface area contributed by atoms with Crippen LogP contribution in [0.2, 0.25) is 0 Å². The van der Waals surface area contributed by atoms with Gasteiger partial charge in [-0.3, -0.25) is 0 Å². The Morgan fingerprint density at radius 1 is 1.28 bits per heavy atom. The van der Waals surface area contributed by atoms with Crippen molar-refractivity contribution in [1.29, 1.82) is 0 Å². The molecule has 1 heterocycles. The van der Waals surface area contributed by atoms with Crippen LogP contribution in [0.15, 0.2) is 39.2 Å². The number of sulfonamides is 1. The minimum absolute atomic E-state index is 0.00977. The average Bonchev–Trinajstić information content (AvgIpc) is 3.13. The predicted molar refractivity (Wildman–Crippen MR) is 129 cm³/mol. The molecule has 2 aromatic carbocycles. The molecule has 0 aliphatic rings. The summed E-state index contributed by atoms with van der Waals surface area (Å²) in [5.74, 6) is 5.24. The highest BCUT2D eigenvalue weighted by Gasteiger charge is 2.28. The molecular weight excluding hydrogens is 472 g/mol. The van der Waals surface area contributed by atoms with Crippen LogP contribution in [0.3, 0.4) is 0 Å². The second-order valence-corrected chi connectivity index (χ2v) is 10.9. The van der Waals surface area contributed by atoms with E-state index in [-0.39, 0.29) is 33.5 Å². The number of nitrogens with two attached hydrogens (primary N) is 5. The van der Waals surface area contributed by atoms with Gasteiger partial charge in [-0.15, -0.1) is 5.10 Å². The van der Waals surface area contributed by atoms with Gasteiger partial charge in [-0.25, -0.2) is 34.7 Å². The topological polar surface area (TPSA) is 219 Å². The number of nitrogens with zero attached hydrogens (tertiary/aromatic N) is 2. The molecule has 3 aromatic rings. The molecule has 0 aliphatic carbocycles. The lowest BCUT2D eigenvalue weighted by atomic mass is 9.97. The number of hydrazone groups is 1. The van der Waals surface area contributed by atoms with Gasteiger partial charge in [0.05, 0.1) is 10.2 Å². The predicted octanol–water partition coefficient (Wildman–Crippen LogP) is 0.239. The number of benzene rings is 2. The number of anilines is 1. The molecule has 11 nitrogen and oxygen atoms in total. The molecule has 0 radical (unpaired) electrons. The third-order valence-electron chi connectivity index (χ3n) is 4.58. The van der Waals surface area contributed by atoms with Gasteiger partial charge in [0.25, 0.3) is 0 Å². The van der Waals surface area contributed by atoms with Gasteiger partial charge in [0.2, 0.25) is 10.0 Å². The Bertz CT molecular complexity index is 1390. The first-order chi connectivity index (χ1) is 15.1. The van der Waals surface area contributed by atoms with Gasteiger partial charge in [-0.2, -0.15) is 0 Å². The van der Waals surface area contributed by atoms with E-state index in [1.165, 1.54) is 17.4 Å². The number of nitrogens with one attached hydrogen (secondary N) is 1. The zero-order chi connectivity index (χ0) is 23.6. The van der Waals surface area contributed by atoms with E-state index in [0.717, 1.165) is 10.3 Å². The molecule has 3 rings (SSSR count). The van der Waals surface area contributed by atoms with E-state index in [4.69, 9.17) is 28.2 Å². The van der Waals surface area contributed by atoms with Crippen LogP contribution in [-0.2, 0) is 14.8 Å². The summed E-state index contributed by atoms with van der Waals surface area (Å²) in [4.78, 5) is 15.8. The van der Waals surface area contributed by atoms with Gasteiger partial charge >= 0.3 is 0 Å². The molecule has 14 heteroatoms. The first-order valence-corrected chi connectivity index (χ1v) is 12.8. The zero-order valence-electron chi connectivity index (χ0n) is 17.0. The van der Waals surface area contributed by atoms with E-state index in [0.29, 0.717) is 21.8 Å². The van der Waals surface area contributed by atoms with E-state index in [1.54, 1.807) is 12.1 Å². The molecule has 0 saturated carbocycles. The summed E-state index contributed by atoms with van der Waals surface area (Å²) in [6.07, 6.45) is 0. The molecule has 0 amide bonds. The van der Waals surface area contributed by atoms with Crippen molar-refractivity contribution in [1.82, 2.24) is 10.5 Å². The monoisotopic (exact) mass is 494 g/mol. The van der Waals surface area contributed by atoms with Crippen molar-refractivity contribution in [3.63, 3.8) is 0 Å². The van der Waals surface area contributed by atoms with Gasteiger partial charge in [0.15, 0.2) is 16.2 Å². The largest absolute Gasteiger partial charge is 0.382 e. The van der Waals surface area contributed by atoms with Crippen LogP contribution in [0.25, 0.3) is 21.3 Å². The summed E-state index contributed by atoms with van der Waals surface area (Å²) < 4.78 is 26.3. The van der Waals surface area contributed by atoms with Crippen LogP contribution in [0.1, 0.15) is 11.1 Å². The Hall–Kier alpha value is -2.84. The van der Waals surface area contributed by atoms with Crippen LogP contribution < -0.4 is 33.7 Å². The number of fused-ring (bicyclic) bond motifs is 1. The van der Waals surface area contributed by atoms with E-state index < -0.39 is 20.5 Å².